The van der Waals surface area contributed by atoms with Crippen molar-refractivity contribution in [3.05, 3.63) is 12.2 Å². The van der Waals surface area contributed by atoms with Crippen molar-refractivity contribution in [2.24, 2.45) is 16.3 Å². The number of nitrogens with zero attached hydrogens (tertiary/aromatic N) is 2. The molecule has 1 atom stereocenters. The zero-order valence-electron chi connectivity index (χ0n) is 12.3. The zero-order valence-corrected chi connectivity index (χ0v) is 14.3. The number of carbonyl (C=O) groups is 2. The van der Waals surface area contributed by atoms with Gasteiger partial charge in [0.1, 0.15) is 5.41 Å². The molecule has 19 heavy (non-hydrogen) atoms. The van der Waals surface area contributed by atoms with Gasteiger partial charge in [-0.2, -0.15) is 0 Å². The molecule has 0 aromatic heterocycles. The van der Waals surface area contributed by atoms with Gasteiger partial charge >= 0.3 is 29.6 Å². The molecule has 0 N–H and O–H groups in total. The molecule has 1 heterocycles. The molecule has 0 radical (unpaired) electrons. The Morgan fingerprint density at radius 3 is 2.42 bits per heavy atom. The molecule has 5 nitrogen and oxygen atoms in total. The molecule has 2 amide bonds. The van der Waals surface area contributed by atoms with Gasteiger partial charge in [0.25, 0.3) is 5.91 Å². The minimum Gasteiger partial charge on any atom is -0.846 e. The summed E-state index contributed by atoms with van der Waals surface area (Å²) in [7, 11) is 1.36. The minimum atomic E-state index is -1.23. The molecule has 1 aliphatic rings. The van der Waals surface area contributed by atoms with Crippen LogP contribution in [0.5, 0.6) is 0 Å². The molecule has 0 saturated heterocycles. The molecule has 0 aliphatic carbocycles. The first-order valence-corrected chi connectivity index (χ1v) is 6.11. The van der Waals surface area contributed by atoms with E-state index in [1.807, 2.05) is 19.1 Å². The van der Waals surface area contributed by atoms with Crippen molar-refractivity contribution in [2.45, 2.75) is 33.6 Å². The van der Waals surface area contributed by atoms with Crippen LogP contribution in [0.4, 0.5) is 0 Å². The minimum absolute atomic E-state index is 0. The fourth-order valence-corrected chi connectivity index (χ4v) is 2.08. The second-order valence-electron chi connectivity index (χ2n) is 4.77. The first-order chi connectivity index (χ1) is 8.37. The van der Waals surface area contributed by atoms with Crippen LogP contribution in [0.1, 0.15) is 33.6 Å². The first-order valence-electron chi connectivity index (χ1n) is 6.11. The molecule has 0 saturated carbocycles. The number of allylic oxidation sites excluding steroid dienone is 2. The van der Waals surface area contributed by atoms with Crippen LogP contribution in [-0.4, -0.2) is 29.8 Å². The Balaban J connectivity index is 0.00000324. The van der Waals surface area contributed by atoms with Crippen molar-refractivity contribution < 1.29 is 44.3 Å². The van der Waals surface area contributed by atoms with E-state index in [1.165, 1.54) is 7.05 Å². The van der Waals surface area contributed by atoms with Crippen LogP contribution in [0.25, 0.3) is 0 Å². The van der Waals surface area contributed by atoms with Crippen LogP contribution in [0.15, 0.2) is 17.1 Å². The number of aliphatic imine (C=N–C) groups is 1. The summed E-state index contributed by atoms with van der Waals surface area (Å²) < 4.78 is 0. The maximum Gasteiger partial charge on any atom is 1.00 e. The van der Waals surface area contributed by atoms with Gasteiger partial charge in [-0.05, 0) is 18.8 Å². The predicted molar refractivity (Wildman–Crippen MR) is 66.5 cm³/mol. The van der Waals surface area contributed by atoms with Crippen LogP contribution in [0, 0.1) is 11.3 Å². The maximum absolute atomic E-state index is 12.3. The fraction of sp³-hybridized carbons (Fsp3) is 0.615. The molecule has 100 valence electrons. The van der Waals surface area contributed by atoms with Gasteiger partial charge in [0.2, 0.25) is 5.91 Å². The van der Waals surface area contributed by atoms with Gasteiger partial charge in [-0.1, -0.05) is 32.9 Å². The molecule has 1 aliphatic heterocycles. The van der Waals surface area contributed by atoms with Crippen molar-refractivity contribution >= 4 is 17.8 Å². The molecular weight excluding hydrogens is 255 g/mol. The van der Waals surface area contributed by atoms with Crippen LogP contribution < -0.4 is 34.7 Å². The molecule has 0 spiro atoms. The summed E-state index contributed by atoms with van der Waals surface area (Å²) in [5, 5.41) is 11.4. The summed E-state index contributed by atoms with van der Waals surface area (Å²) >= 11 is 0. The van der Waals surface area contributed by atoms with Crippen molar-refractivity contribution in [3.8, 4) is 0 Å². The van der Waals surface area contributed by atoms with E-state index < -0.39 is 23.3 Å². The second kappa shape index (κ2) is 7.22. The van der Waals surface area contributed by atoms with Crippen LogP contribution >= 0.6 is 0 Å². The van der Waals surface area contributed by atoms with Gasteiger partial charge in [0.05, 0.1) is 6.02 Å². The van der Waals surface area contributed by atoms with E-state index in [4.69, 9.17) is 0 Å². The van der Waals surface area contributed by atoms with Crippen molar-refractivity contribution in [2.75, 3.05) is 7.05 Å². The smallest absolute Gasteiger partial charge is 0.846 e. The Bertz CT molecular complexity index is 418. The fourth-order valence-electron chi connectivity index (χ4n) is 2.08. The molecule has 0 fully saturated rings. The third-order valence-corrected chi connectivity index (χ3v) is 3.38. The van der Waals surface area contributed by atoms with E-state index in [-0.39, 0.29) is 41.9 Å². The third-order valence-electron chi connectivity index (χ3n) is 3.38. The van der Waals surface area contributed by atoms with Gasteiger partial charge in [-0.15, -0.1) is 0 Å². The normalized spacial score (nSPS) is 23.8. The topological polar surface area (TPSA) is 72.8 Å². The number of hydrogen-bond donors (Lipinski definition) is 0. The van der Waals surface area contributed by atoms with E-state index in [1.54, 1.807) is 13.8 Å². The van der Waals surface area contributed by atoms with E-state index in [0.29, 0.717) is 0 Å². The Hall–Kier alpha value is -0.650. The van der Waals surface area contributed by atoms with Crippen molar-refractivity contribution in [1.29, 1.82) is 0 Å². The SMILES string of the molecule is CCC=CCC1(C(C)C)C(=O)N=C([O-])N(C)C1=O.[Na+]. The second-order valence-corrected chi connectivity index (χ2v) is 4.77. The first kappa shape index (κ1) is 18.4. The van der Waals surface area contributed by atoms with Gasteiger partial charge in [0, 0.05) is 7.05 Å². The Morgan fingerprint density at radius 1 is 1.37 bits per heavy atom. The summed E-state index contributed by atoms with van der Waals surface area (Å²) in [5.74, 6) is -1.28. The van der Waals surface area contributed by atoms with E-state index in [9.17, 15) is 14.7 Å². The van der Waals surface area contributed by atoms with E-state index in [2.05, 4.69) is 4.99 Å². The van der Waals surface area contributed by atoms with E-state index in [0.717, 1.165) is 11.3 Å². The monoisotopic (exact) mass is 274 g/mol. The number of hydrogen-bond acceptors (Lipinski definition) is 3. The third kappa shape index (κ3) is 3.27. The molecule has 6 heteroatoms. The predicted octanol–water partition coefficient (Wildman–Crippen LogP) is -2.30. The summed E-state index contributed by atoms with van der Waals surface area (Å²) in [5.41, 5.74) is -1.23. The Kier molecular flexibility index (Phi) is 6.97. The summed E-state index contributed by atoms with van der Waals surface area (Å²) in [6.07, 6.45) is 4.84. The standard InChI is InChI=1S/C13H20N2O3.Na/c1-5-6-7-8-13(9(2)3)10(16)14-12(18)15(4)11(13)17;/h6-7,9H,5,8H2,1-4H3,(H,14,16,18);/q;+1/p-1. The summed E-state index contributed by atoms with van der Waals surface area (Å²) in [4.78, 5) is 28.7. The van der Waals surface area contributed by atoms with Gasteiger partial charge in [-0.25, -0.2) is 4.99 Å². The maximum atomic E-state index is 12.3. The molecule has 0 bridgehead atoms. The van der Waals surface area contributed by atoms with Crippen molar-refractivity contribution in [3.63, 3.8) is 0 Å². The Labute approximate surface area is 136 Å². The van der Waals surface area contributed by atoms with Gasteiger partial charge in [-0.3, -0.25) is 9.59 Å². The largest absolute Gasteiger partial charge is 1.00 e. The van der Waals surface area contributed by atoms with E-state index >= 15 is 0 Å². The molecule has 0 aromatic carbocycles. The van der Waals surface area contributed by atoms with Gasteiger partial charge in [0.15, 0.2) is 0 Å². The number of rotatable bonds is 4. The molecule has 1 rings (SSSR count). The zero-order chi connectivity index (χ0) is 13.9. The number of amides is 2. The summed E-state index contributed by atoms with van der Waals surface area (Å²) in [6, 6.07) is -0.777. The molecule has 0 aromatic rings. The quantitative estimate of drug-likeness (QED) is 0.329. The Morgan fingerprint density at radius 2 is 1.95 bits per heavy atom. The molecular formula is C13H19N2NaO3. The van der Waals surface area contributed by atoms with Crippen LogP contribution in [-0.2, 0) is 9.59 Å². The van der Waals surface area contributed by atoms with Crippen LogP contribution in [0.3, 0.4) is 0 Å². The number of amidine groups is 1. The average Bonchev–Trinajstić information content (AvgIpc) is 2.30. The molecule has 1 unspecified atom stereocenters. The average molecular weight is 274 g/mol. The van der Waals surface area contributed by atoms with Crippen LogP contribution in [0.2, 0.25) is 0 Å². The number of carbonyl (C=O) groups excluding carboxylic acids is 2. The van der Waals surface area contributed by atoms with Gasteiger partial charge < -0.3 is 10.0 Å². The van der Waals surface area contributed by atoms with Crippen molar-refractivity contribution in [1.82, 2.24) is 4.90 Å². The summed E-state index contributed by atoms with van der Waals surface area (Å²) in [6.45, 7) is 5.58.